The van der Waals surface area contributed by atoms with E-state index in [1.165, 1.54) is 69.8 Å². The number of hydrogen-bond acceptors (Lipinski definition) is 2. The second kappa shape index (κ2) is 8.65. The molecule has 1 aliphatic heterocycles. The van der Waals surface area contributed by atoms with Gasteiger partial charge < -0.3 is 0 Å². The van der Waals surface area contributed by atoms with Crippen LogP contribution in [-0.4, -0.2) is 20.7 Å². The van der Waals surface area contributed by atoms with Crippen molar-refractivity contribution in [2.24, 2.45) is 10.8 Å². The highest BCUT2D eigenvalue weighted by molar-refractivity contribution is 8.00. The second-order valence-corrected chi connectivity index (χ2v) is 14.9. The molecule has 0 N–H and O–H groups in total. The van der Waals surface area contributed by atoms with Gasteiger partial charge in [-0.15, -0.1) is 0 Å². The van der Waals surface area contributed by atoms with Crippen molar-refractivity contribution in [3.05, 3.63) is 65.2 Å². The Labute approximate surface area is 233 Å². The molecule has 1 aromatic heterocycles. The number of nitrogens with zero attached hydrogens (tertiary/aromatic N) is 1. The first kappa shape index (κ1) is 25.6. The standard InChI is InChI=1S/C34H37B2NS/c1-18-8-10-22-20(12-18)14-24-30-28-26(38-31(24)25(22)17-34(5,6)7)15-21-13-19(16-33(2,3)4)9-11-23(21)27(28)29(35)32(36)37-30/h8-15H,16-17,35-36H2,1-7H3. The van der Waals surface area contributed by atoms with Crippen molar-refractivity contribution in [3.8, 4) is 11.3 Å². The first-order chi connectivity index (χ1) is 17.8. The molecule has 0 saturated heterocycles. The van der Waals surface area contributed by atoms with E-state index in [9.17, 15) is 0 Å². The van der Waals surface area contributed by atoms with Crippen molar-refractivity contribution < 1.29 is 0 Å². The van der Waals surface area contributed by atoms with Crippen LogP contribution >= 0.6 is 11.8 Å². The third kappa shape index (κ3) is 4.35. The van der Waals surface area contributed by atoms with Crippen molar-refractivity contribution in [1.29, 1.82) is 0 Å². The van der Waals surface area contributed by atoms with E-state index in [4.69, 9.17) is 4.98 Å². The van der Waals surface area contributed by atoms with Crippen molar-refractivity contribution in [2.45, 2.75) is 71.1 Å². The molecule has 2 heterocycles. The summed E-state index contributed by atoms with van der Waals surface area (Å²) in [5, 5.41) is 8.11. The van der Waals surface area contributed by atoms with Crippen LogP contribution in [0.3, 0.4) is 0 Å². The van der Waals surface area contributed by atoms with Gasteiger partial charge in [0.25, 0.3) is 0 Å². The van der Waals surface area contributed by atoms with E-state index in [1.807, 2.05) is 11.8 Å². The maximum Gasteiger partial charge on any atom is 0.163 e. The summed E-state index contributed by atoms with van der Waals surface area (Å²) >= 11 is 1.97. The van der Waals surface area contributed by atoms with E-state index in [-0.39, 0.29) is 10.8 Å². The number of aromatic nitrogens is 1. The normalized spacial score (nSPS) is 13.4. The lowest BCUT2D eigenvalue weighted by molar-refractivity contribution is 0.410. The SMILES string of the molecule is Bc1nc2c3c(cc4cc(CC(C)(C)C)ccc4c3c1B)Sc1c-2cc2cc(C)ccc2c1CC(C)(C)C. The quantitative estimate of drug-likeness (QED) is 0.189. The lowest BCUT2D eigenvalue weighted by Crippen LogP contribution is -2.31. The van der Waals surface area contributed by atoms with Crippen molar-refractivity contribution in [1.82, 2.24) is 4.98 Å². The summed E-state index contributed by atoms with van der Waals surface area (Å²) in [4.78, 5) is 8.04. The maximum atomic E-state index is 5.30. The van der Waals surface area contributed by atoms with Crippen LogP contribution in [0.2, 0.25) is 0 Å². The molecule has 5 aromatic rings. The van der Waals surface area contributed by atoms with Crippen LogP contribution in [0.25, 0.3) is 43.6 Å². The van der Waals surface area contributed by atoms with Crippen molar-refractivity contribution in [2.75, 3.05) is 0 Å². The zero-order valence-electron chi connectivity index (χ0n) is 24.4. The highest BCUT2D eigenvalue weighted by Gasteiger charge is 2.28. The average Bonchev–Trinajstić information content (AvgIpc) is 2.79. The molecule has 0 unspecified atom stereocenters. The molecule has 0 atom stereocenters. The van der Waals surface area contributed by atoms with Gasteiger partial charge in [-0.05, 0) is 86.4 Å². The molecule has 6 rings (SSSR count). The van der Waals surface area contributed by atoms with Crippen LogP contribution in [0.1, 0.15) is 58.2 Å². The first-order valence-corrected chi connectivity index (χ1v) is 14.7. The average molecular weight is 513 g/mol. The fraction of sp³-hybridized carbons (Fsp3) is 0.324. The zero-order chi connectivity index (χ0) is 27.1. The Balaban J connectivity index is 1.71. The van der Waals surface area contributed by atoms with Gasteiger partial charge in [0.15, 0.2) is 7.85 Å². The molecular formula is C34H37B2NS. The molecule has 1 nitrogen and oxygen atoms in total. The number of benzene rings is 4. The lowest BCUT2D eigenvalue weighted by atomic mass is 9.78. The third-order valence-corrected chi connectivity index (χ3v) is 9.07. The minimum absolute atomic E-state index is 0.185. The molecule has 0 aliphatic carbocycles. The summed E-state index contributed by atoms with van der Waals surface area (Å²) in [6.07, 6.45) is 2.11. The van der Waals surface area contributed by atoms with E-state index in [2.05, 4.69) is 113 Å². The summed E-state index contributed by atoms with van der Waals surface area (Å²) in [6.45, 7) is 16.2. The minimum Gasteiger partial charge on any atom is -0.263 e. The van der Waals surface area contributed by atoms with Gasteiger partial charge in [-0.1, -0.05) is 101 Å². The van der Waals surface area contributed by atoms with Crippen LogP contribution in [0.4, 0.5) is 0 Å². The van der Waals surface area contributed by atoms with Crippen LogP contribution in [0.15, 0.2) is 58.3 Å². The van der Waals surface area contributed by atoms with Gasteiger partial charge in [0.05, 0.1) is 5.69 Å². The lowest BCUT2D eigenvalue weighted by Gasteiger charge is -2.28. The topological polar surface area (TPSA) is 12.9 Å². The largest absolute Gasteiger partial charge is 0.263 e. The predicted octanol–water partition coefficient (Wildman–Crippen LogP) is 6.68. The molecule has 38 heavy (non-hydrogen) atoms. The summed E-state index contributed by atoms with van der Waals surface area (Å²) in [5.41, 5.74) is 9.52. The fourth-order valence-corrected chi connectivity index (χ4v) is 7.51. The van der Waals surface area contributed by atoms with Gasteiger partial charge in [0, 0.05) is 20.7 Å². The summed E-state index contributed by atoms with van der Waals surface area (Å²) in [7, 11) is 4.43. The molecular weight excluding hydrogens is 476 g/mol. The number of pyridine rings is 1. The van der Waals surface area contributed by atoms with Crippen LogP contribution in [0.5, 0.6) is 0 Å². The van der Waals surface area contributed by atoms with Crippen LogP contribution < -0.4 is 11.1 Å². The molecule has 0 spiro atoms. The minimum atomic E-state index is 0.185. The molecule has 0 bridgehead atoms. The number of fused-ring (bicyclic) bond motifs is 5. The molecule has 1 aliphatic rings. The highest BCUT2D eigenvalue weighted by atomic mass is 32.2. The number of aryl methyl sites for hydroxylation is 1. The summed E-state index contributed by atoms with van der Waals surface area (Å²) < 4.78 is 0. The van der Waals surface area contributed by atoms with E-state index in [0.717, 1.165) is 24.1 Å². The van der Waals surface area contributed by atoms with Gasteiger partial charge in [-0.2, -0.15) is 0 Å². The molecule has 0 radical (unpaired) electrons. The smallest absolute Gasteiger partial charge is 0.163 e. The van der Waals surface area contributed by atoms with Crippen LogP contribution in [-0.2, 0) is 12.8 Å². The first-order valence-electron chi connectivity index (χ1n) is 13.9. The number of rotatable bonds is 2. The molecule has 0 amide bonds. The Morgan fingerprint density at radius 2 is 1.45 bits per heavy atom. The van der Waals surface area contributed by atoms with E-state index in [1.54, 1.807) is 0 Å². The van der Waals surface area contributed by atoms with E-state index < -0.39 is 0 Å². The van der Waals surface area contributed by atoms with Crippen molar-refractivity contribution >= 4 is 70.8 Å². The Bertz CT molecular complexity index is 1790. The van der Waals surface area contributed by atoms with Crippen molar-refractivity contribution in [3.63, 3.8) is 0 Å². The molecule has 4 aromatic carbocycles. The predicted molar refractivity (Wildman–Crippen MR) is 174 cm³/mol. The fourth-order valence-electron chi connectivity index (χ4n) is 6.23. The van der Waals surface area contributed by atoms with Crippen LogP contribution in [0, 0.1) is 17.8 Å². The maximum absolute atomic E-state index is 5.30. The van der Waals surface area contributed by atoms with Gasteiger partial charge >= 0.3 is 0 Å². The van der Waals surface area contributed by atoms with E-state index in [0.29, 0.717) is 0 Å². The van der Waals surface area contributed by atoms with Gasteiger partial charge in [-0.3, -0.25) is 4.98 Å². The number of hydrogen-bond donors (Lipinski definition) is 0. The Morgan fingerprint density at radius 3 is 2.16 bits per heavy atom. The zero-order valence-corrected chi connectivity index (χ0v) is 25.2. The van der Waals surface area contributed by atoms with Gasteiger partial charge in [0.1, 0.15) is 7.85 Å². The summed E-state index contributed by atoms with van der Waals surface area (Å²) in [6, 6.07) is 18.9. The third-order valence-electron chi connectivity index (χ3n) is 7.86. The monoisotopic (exact) mass is 513 g/mol. The molecule has 0 fully saturated rings. The Kier molecular flexibility index (Phi) is 5.82. The van der Waals surface area contributed by atoms with E-state index >= 15 is 0 Å². The Hall–Kier alpha value is -2.71. The van der Waals surface area contributed by atoms with Gasteiger partial charge in [0.2, 0.25) is 0 Å². The Morgan fingerprint density at radius 1 is 0.763 bits per heavy atom. The highest BCUT2D eigenvalue weighted by Crippen LogP contribution is 2.52. The second-order valence-electron chi connectivity index (χ2n) is 13.9. The van der Waals surface area contributed by atoms with Gasteiger partial charge in [-0.25, -0.2) is 0 Å². The molecule has 4 heteroatoms. The molecule has 0 saturated carbocycles. The summed E-state index contributed by atoms with van der Waals surface area (Å²) in [5.74, 6) is 0. The molecule has 190 valence electrons.